The Morgan fingerprint density at radius 1 is 1.09 bits per heavy atom. The summed E-state index contributed by atoms with van der Waals surface area (Å²) in [6.07, 6.45) is 3.25. The second-order valence-corrected chi connectivity index (χ2v) is 8.09. The van der Waals surface area contributed by atoms with Crippen LogP contribution in [0.25, 0.3) is 0 Å². The standard InChI is InChI=1S/C26H26N4O3S/c1-3-32-22-14-19(11-12-21(22)33-16-18-8-5-4-6-9-18)24-23(17(2)28-26(34)30-24)25(31)29-20-10-7-13-27-15-20/h4-15,24H,3,16H2,1-2H3,(H,29,31)(H2,28,30,34)/t24-/m1/s1. The number of rotatable bonds is 8. The van der Waals surface area contributed by atoms with Crippen LogP contribution in [0.2, 0.25) is 0 Å². The molecule has 1 atom stereocenters. The van der Waals surface area contributed by atoms with E-state index < -0.39 is 6.04 Å². The highest BCUT2D eigenvalue weighted by molar-refractivity contribution is 7.80. The van der Waals surface area contributed by atoms with Crippen LogP contribution in [0.5, 0.6) is 11.5 Å². The fourth-order valence-corrected chi connectivity index (χ4v) is 3.98. The van der Waals surface area contributed by atoms with E-state index in [1.54, 1.807) is 24.5 Å². The molecule has 3 aromatic rings. The van der Waals surface area contributed by atoms with Crippen LogP contribution in [0.4, 0.5) is 5.69 Å². The van der Waals surface area contributed by atoms with Crippen molar-refractivity contribution in [3.8, 4) is 11.5 Å². The topological polar surface area (TPSA) is 84.5 Å². The van der Waals surface area contributed by atoms with Crippen LogP contribution in [-0.2, 0) is 11.4 Å². The lowest BCUT2D eigenvalue weighted by Gasteiger charge is -2.30. The number of nitrogens with zero attached hydrogens (tertiary/aromatic N) is 1. The molecule has 174 valence electrons. The van der Waals surface area contributed by atoms with Crippen molar-refractivity contribution in [1.29, 1.82) is 0 Å². The average Bonchev–Trinajstić information content (AvgIpc) is 2.84. The Morgan fingerprint density at radius 3 is 2.65 bits per heavy atom. The number of carbonyl (C=O) groups is 1. The molecule has 0 saturated heterocycles. The smallest absolute Gasteiger partial charge is 0.255 e. The maximum atomic E-state index is 13.2. The molecule has 2 aromatic carbocycles. The summed E-state index contributed by atoms with van der Waals surface area (Å²) in [4.78, 5) is 17.3. The van der Waals surface area contributed by atoms with Gasteiger partial charge in [-0.05, 0) is 61.5 Å². The molecule has 0 aliphatic carbocycles. The zero-order valence-corrected chi connectivity index (χ0v) is 19.8. The molecule has 0 bridgehead atoms. The molecule has 8 heteroatoms. The van der Waals surface area contributed by atoms with Crippen molar-refractivity contribution in [2.75, 3.05) is 11.9 Å². The van der Waals surface area contributed by atoms with E-state index in [9.17, 15) is 4.79 Å². The Kier molecular flexibility index (Phi) is 7.39. The maximum absolute atomic E-state index is 13.2. The predicted octanol–water partition coefficient (Wildman–Crippen LogP) is 4.49. The zero-order valence-electron chi connectivity index (χ0n) is 19.0. The number of anilines is 1. The largest absolute Gasteiger partial charge is 0.490 e. The van der Waals surface area contributed by atoms with Crippen LogP contribution >= 0.6 is 12.2 Å². The quantitative estimate of drug-likeness (QED) is 0.415. The molecule has 4 rings (SSSR count). The molecule has 0 radical (unpaired) electrons. The van der Waals surface area contributed by atoms with Gasteiger partial charge in [0.2, 0.25) is 0 Å². The number of pyridine rings is 1. The highest BCUT2D eigenvalue weighted by Gasteiger charge is 2.30. The van der Waals surface area contributed by atoms with Gasteiger partial charge in [-0.2, -0.15) is 0 Å². The van der Waals surface area contributed by atoms with E-state index in [4.69, 9.17) is 21.7 Å². The fraction of sp³-hybridized carbons (Fsp3) is 0.192. The van der Waals surface area contributed by atoms with E-state index >= 15 is 0 Å². The molecule has 34 heavy (non-hydrogen) atoms. The van der Waals surface area contributed by atoms with Crippen LogP contribution in [0.3, 0.4) is 0 Å². The number of carbonyl (C=O) groups excluding carboxylic acids is 1. The van der Waals surface area contributed by atoms with Gasteiger partial charge in [0.15, 0.2) is 16.6 Å². The third kappa shape index (κ3) is 5.52. The van der Waals surface area contributed by atoms with Gasteiger partial charge in [0, 0.05) is 11.9 Å². The highest BCUT2D eigenvalue weighted by Crippen LogP contribution is 2.35. The van der Waals surface area contributed by atoms with Crippen LogP contribution in [0.15, 0.2) is 84.3 Å². The van der Waals surface area contributed by atoms with Crippen LogP contribution in [0.1, 0.15) is 31.0 Å². The molecule has 0 saturated carbocycles. The molecule has 1 aliphatic rings. The Bertz CT molecular complexity index is 1200. The van der Waals surface area contributed by atoms with E-state index in [1.165, 1.54) is 0 Å². The first-order valence-electron chi connectivity index (χ1n) is 11.0. The molecule has 0 spiro atoms. The Balaban J connectivity index is 1.62. The van der Waals surface area contributed by atoms with Crippen molar-refractivity contribution in [1.82, 2.24) is 15.6 Å². The van der Waals surface area contributed by atoms with E-state index in [2.05, 4.69) is 20.9 Å². The molecule has 0 unspecified atom stereocenters. The predicted molar refractivity (Wildman–Crippen MR) is 136 cm³/mol. The van der Waals surface area contributed by atoms with Gasteiger partial charge in [-0.15, -0.1) is 0 Å². The number of hydrogen-bond donors (Lipinski definition) is 3. The fourth-order valence-electron chi connectivity index (χ4n) is 3.71. The molecule has 7 nitrogen and oxygen atoms in total. The summed E-state index contributed by atoms with van der Waals surface area (Å²) < 4.78 is 11.9. The Morgan fingerprint density at radius 2 is 1.91 bits per heavy atom. The van der Waals surface area contributed by atoms with E-state index in [1.807, 2.05) is 62.4 Å². The van der Waals surface area contributed by atoms with Crippen molar-refractivity contribution in [2.45, 2.75) is 26.5 Å². The van der Waals surface area contributed by atoms with Gasteiger partial charge in [-0.25, -0.2) is 0 Å². The molecular weight excluding hydrogens is 448 g/mol. The van der Waals surface area contributed by atoms with Crippen molar-refractivity contribution in [2.24, 2.45) is 0 Å². The average molecular weight is 475 g/mol. The number of aromatic nitrogens is 1. The maximum Gasteiger partial charge on any atom is 0.255 e. The lowest BCUT2D eigenvalue weighted by molar-refractivity contribution is -0.113. The normalized spacial score (nSPS) is 15.2. The minimum atomic E-state index is -0.465. The summed E-state index contributed by atoms with van der Waals surface area (Å²) in [6, 6.07) is 18.7. The second kappa shape index (κ2) is 10.8. The summed E-state index contributed by atoms with van der Waals surface area (Å²) in [7, 11) is 0. The number of thiocarbonyl (C=S) groups is 1. The summed E-state index contributed by atoms with van der Waals surface area (Å²) in [5.41, 5.74) is 3.71. The molecule has 1 amide bonds. The van der Waals surface area contributed by atoms with Gasteiger partial charge in [0.25, 0.3) is 5.91 Å². The van der Waals surface area contributed by atoms with Crippen molar-refractivity contribution < 1.29 is 14.3 Å². The number of nitrogens with one attached hydrogen (secondary N) is 3. The van der Waals surface area contributed by atoms with Crippen LogP contribution in [0, 0.1) is 0 Å². The Labute approximate surface area is 204 Å². The minimum Gasteiger partial charge on any atom is -0.490 e. The molecule has 3 N–H and O–H groups in total. The van der Waals surface area contributed by atoms with Gasteiger partial charge in [0.1, 0.15) is 6.61 Å². The van der Waals surface area contributed by atoms with Crippen molar-refractivity contribution in [3.05, 3.63) is 95.5 Å². The number of allylic oxidation sites excluding steroid dienone is 1. The monoisotopic (exact) mass is 474 g/mol. The number of benzene rings is 2. The lowest BCUT2D eigenvalue weighted by atomic mass is 9.94. The first kappa shape index (κ1) is 23.3. The van der Waals surface area contributed by atoms with Gasteiger partial charge in [-0.1, -0.05) is 36.4 Å². The lowest BCUT2D eigenvalue weighted by Crippen LogP contribution is -2.45. The first-order valence-corrected chi connectivity index (χ1v) is 11.4. The second-order valence-electron chi connectivity index (χ2n) is 7.68. The SMILES string of the molecule is CCOc1cc([C@H]2NC(=S)NC(C)=C2C(=O)Nc2cccnc2)ccc1OCc1ccccc1. The van der Waals surface area contributed by atoms with Crippen molar-refractivity contribution in [3.63, 3.8) is 0 Å². The van der Waals surface area contributed by atoms with E-state index in [-0.39, 0.29) is 5.91 Å². The summed E-state index contributed by atoms with van der Waals surface area (Å²) in [5.74, 6) is 0.986. The number of amides is 1. The van der Waals surface area contributed by atoms with Gasteiger partial charge >= 0.3 is 0 Å². The zero-order chi connectivity index (χ0) is 23.9. The van der Waals surface area contributed by atoms with Gasteiger partial charge < -0.3 is 25.4 Å². The summed E-state index contributed by atoms with van der Waals surface area (Å²) in [5, 5.41) is 9.62. The third-order valence-corrected chi connectivity index (χ3v) is 5.49. The van der Waals surface area contributed by atoms with Gasteiger partial charge in [0.05, 0.1) is 30.1 Å². The van der Waals surface area contributed by atoms with Gasteiger partial charge in [-0.3, -0.25) is 9.78 Å². The van der Waals surface area contributed by atoms with Crippen LogP contribution in [-0.4, -0.2) is 22.6 Å². The van der Waals surface area contributed by atoms with Crippen molar-refractivity contribution >= 4 is 28.9 Å². The molecule has 1 aromatic heterocycles. The highest BCUT2D eigenvalue weighted by atomic mass is 32.1. The van der Waals surface area contributed by atoms with Crippen LogP contribution < -0.4 is 25.4 Å². The number of hydrogen-bond acceptors (Lipinski definition) is 5. The molecule has 0 fully saturated rings. The third-order valence-electron chi connectivity index (χ3n) is 5.27. The van der Waals surface area contributed by atoms with E-state index in [0.717, 1.165) is 11.1 Å². The number of ether oxygens (including phenoxy) is 2. The Hall–Kier alpha value is -3.91. The minimum absolute atomic E-state index is 0.250. The molecule has 1 aliphatic heterocycles. The summed E-state index contributed by atoms with van der Waals surface area (Å²) >= 11 is 5.38. The van der Waals surface area contributed by atoms with E-state index in [0.29, 0.717) is 46.8 Å². The summed E-state index contributed by atoms with van der Waals surface area (Å²) in [6.45, 7) is 4.65. The molecule has 2 heterocycles. The first-order chi connectivity index (χ1) is 16.5. The molecular formula is C26H26N4O3S.